The summed E-state index contributed by atoms with van der Waals surface area (Å²) < 4.78 is 13.3. The summed E-state index contributed by atoms with van der Waals surface area (Å²) in [6.45, 7) is 3.64. The first-order valence-corrected chi connectivity index (χ1v) is 6.17. The number of hydrogen-bond acceptors (Lipinski definition) is 2. The molecule has 0 saturated carbocycles. The highest BCUT2D eigenvalue weighted by Gasteiger charge is 2.11. The Bertz CT molecular complexity index is 330. The van der Waals surface area contributed by atoms with Gasteiger partial charge in [-0.2, -0.15) is 11.8 Å². The minimum atomic E-state index is -0.391. The number of aliphatic hydroxyl groups is 1. The van der Waals surface area contributed by atoms with E-state index in [-0.39, 0.29) is 11.1 Å². The van der Waals surface area contributed by atoms with Crippen LogP contribution in [0.1, 0.15) is 19.4 Å². The van der Waals surface area contributed by atoms with Crippen LogP contribution in [0.4, 0.5) is 4.39 Å². The molecule has 0 radical (unpaired) electrons. The Morgan fingerprint density at radius 3 is 2.73 bits per heavy atom. The van der Waals surface area contributed by atoms with Gasteiger partial charge in [0.1, 0.15) is 5.82 Å². The van der Waals surface area contributed by atoms with E-state index in [0.29, 0.717) is 16.3 Å². The summed E-state index contributed by atoms with van der Waals surface area (Å²) >= 11 is 7.28. The van der Waals surface area contributed by atoms with Gasteiger partial charge in [-0.05, 0) is 30.7 Å². The predicted molar refractivity (Wildman–Crippen MR) is 63.8 cm³/mol. The summed E-state index contributed by atoms with van der Waals surface area (Å²) in [4.78, 5) is 0. The second-order valence-corrected chi connectivity index (χ2v) is 5.29. The molecule has 1 N–H and O–H groups in total. The molecule has 15 heavy (non-hydrogen) atoms. The Morgan fingerprint density at radius 1 is 1.47 bits per heavy atom. The van der Waals surface area contributed by atoms with Gasteiger partial charge in [0, 0.05) is 16.0 Å². The van der Waals surface area contributed by atoms with Crippen LogP contribution < -0.4 is 0 Å². The lowest BCUT2D eigenvalue weighted by atomic mass is 10.2. The lowest BCUT2D eigenvalue weighted by Gasteiger charge is -2.14. The van der Waals surface area contributed by atoms with Crippen LogP contribution in [0.3, 0.4) is 0 Å². The smallest absolute Gasteiger partial charge is 0.127 e. The normalized spacial score (nSPS) is 15.0. The van der Waals surface area contributed by atoms with Crippen LogP contribution in [0.15, 0.2) is 18.2 Å². The van der Waals surface area contributed by atoms with Gasteiger partial charge in [0.25, 0.3) is 0 Å². The summed E-state index contributed by atoms with van der Waals surface area (Å²) in [5, 5.41) is 9.91. The van der Waals surface area contributed by atoms with Gasteiger partial charge in [0.2, 0.25) is 0 Å². The average molecular weight is 249 g/mol. The van der Waals surface area contributed by atoms with E-state index in [1.165, 1.54) is 23.9 Å². The van der Waals surface area contributed by atoms with Crippen molar-refractivity contribution in [2.24, 2.45) is 0 Å². The van der Waals surface area contributed by atoms with E-state index in [1.54, 1.807) is 13.0 Å². The summed E-state index contributed by atoms with van der Waals surface area (Å²) in [6.07, 6.45) is -0.391. The maximum absolute atomic E-state index is 13.3. The minimum Gasteiger partial charge on any atom is -0.392 e. The van der Waals surface area contributed by atoms with Gasteiger partial charge in [-0.15, -0.1) is 0 Å². The number of rotatable bonds is 4. The predicted octanol–water partition coefficient (Wildman–Crippen LogP) is 3.48. The molecule has 0 heterocycles. The van der Waals surface area contributed by atoms with E-state index in [1.807, 2.05) is 6.92 Å². The van der Waals surface area contributed by atoms with Gasteiger partial charge in [-0.25, -0.2) is 4.39 Å². The molecule has 0 aliphatic rings. The molecule has 1 aromatic carbocycles. The molecule has 4 heteroatoms. The first-order chi connectivity index (χ1) is 7.00. The molecule has 0 fully saturated rings. The number of benzene rings is 1. The molecule has 84 valence electrons. The number of aliphatic hydroxyl groups excluding tert-OH is 1. The third kappa shape index (κ3) is 4.01. The first-order valence-electron chi connectivity index (χ1n) is 4.74. The lowest BCUT2D eigenvalue weighted by molar-refractivity contribution is 0.196. The molecule has 1 nitrogen and oxygen atoms in total. The molecule has 0 aliphatic carbocycles. The fraction of sp³-hybridized carbons (Fsp3) is 0.455. The molecule has 1 aromatic rings. The van der Waals surface area contributed by atoms with Crippen molar-refractivity contribution in [3.63, 3.8) is 0 Å². The standard InChI is InChI=1S/C11H14ClFOS/c1-7(14)8(2)15-6-9-5-10(12)3-4-11(9)13/h3-5,7-8,14H,6H2,1-2H3. The highest BCUT2D eigenvalue weighted by atomic mass is 35.5. The minimum absolute atomic E-state index is 0.0865. The van der Waals surface area contributed by atoms with E-state index in [9.17, 15) is 9.50 Å². The molecule has 1 rings (SSSR count). The van der Waals surface area contributed by atoms with Crippen molar-refractivity contribution >= 4 is 23.4 Å². The van der Waals surface area contributed by atoms with E-state index >= 15 is 0 Å². The highest BCUT2D eigenvalue weighted by molar-refractivity contribution is 7.99. The van der Waals surface area contributed by atoms with Gasteiger partial charge in [0.15, 0.2) is 0 Å². The van der Waals surface area contributed by atoms with Crippen LogP contribution in [0.25, 0.3) is 0 Å². The SMILES string of the molecule is CC(O)C(C)SCc1cc(Cl)ccc1F. The first kappa shape index (κ1) is 12.8. The Hall–Kier alpha value is -0.250. The zero-order valence-electron chi connectivity index (χ0n) is 8.71. The zero-order valence-corrected chi connectivity index (χ0v) is 10.3. The van der Waals surface area contributed by atoms with Crippen molar-refractivity contribution in [2.45, 2.75) is 31.0 Å². The van der Waals surface area contributed by atoms with Crippen molar-refractivity contribution in [3.8, 4) is 0 Å². The summed E-state index contributed by atoms with van der Waals surface area (Å²) in [5.41, 5.74) is 0.583. The summed E-state index contributed by atoms with van der Waals surface area (Å²) in [7, 11) is 0. The molecule has 0 amide bonds. The molecule has 0 aliphatic heterocycles. The third-order valence-electron chi connectivity index (χ3n) is 2.19. The van der Waals surface area contributed by atoms with Gasteiger partial charge < -0.3 is 5.11 Å². The maximum Gasteiger partial charge on any atom is 0.127 e. The van der Waals surface area contributed by atoms with Crippen molar-refractivity contribution < 1.29 is 9.50 Å². The van der Waals surface area contributed by atoms with Gasteiger partial charge in [-0.3, -0.25) is 0 Å². The van der Waals surface area contributed by atoms with Crippen LogP contribution in [-0.4, -0.2) is 16.5 Å². The molecule has 0 spiro atoms. The van der Waals surface area contributed by atoms with E-state index < -0.39 is 6.10 Å². The largest absolute Gasteiger partial charge is 0.392 e. The van der Waals surface area contributed by atoms with Crippen LogP contribution in [-0.2, 0) is 5.75 Å². The fourth-order valence-electron chi connectivity index (χ4n) is 1.01. The lowest BCUT2D eigenvalue weighted by Crippen LogP contribution is -2.15. The van der Waals surface area contributed by atoms with Crippen molar-refractivity contribution in [3.05, 3.63) is 34.6 Å². The number of halogens is 2. The number of thioether (sulfide) groups is 1. The Morgan fingerprint density at radius 2 is 2.13 bits per heavy atom. The van der Waals surface area contributed by atoms with Gasteiger partial charge >= 0.3 is 0 Å². The van der Waals surface area contributed by atoms with Crippen LogP contribution in [0.5, 0.6) is 0 Å². The molecular weight excluding hydrogens is 235 g/mol. The van der Waals surface area contributed by atoms with Crippen LogP contribution in [0, 0.1) is 5.82 Å². The van der Waals surface area contributed by atoms with Gasteiger partial charge in [0.05, 0.1) is 6.10 Å². The number of hydrogen-bond donors (Lipinski definition) is 1. The highest BCUT2D eigenvalue weighted by Crippen LogP contribution is 2.23. The topological polar surface area (TPSA) is 20.2 Å². The fourth-order valence-corrected chi connectivity index (χ4v) is 2.15. The molecule has 2 atom stereocenters. The Labute approximate surface area is 98.6 Å². The van der Waals surface area contributed by atoms with E-state index in [0.717, 1.165) is 0 Å². The molecule has 0 bridgehead atoms. The second kappa shape index (κ2) is 5.73. The Balaban J connectivity index is 2.61. The van der Waals surface area contributed by atoms with Crippen LogP contribution in [0.2, 0.25) is 5.02 Å². The summed E-state index contributed by atoms with van der Waals surface area (Å²) in [5.74, 6) is 0.281. The second-order valence-electron chi connectivity index (χ2n) is 3.49. The molecular formula is C11H14ClFOS. The van der Waals surface area contributed by atoms with Crippen molar-refractivity contribution in [1.82, 2.24) is 0 Å². The van der Waals surface area contributed by atoms with Gasteiger partial charge in [-0.1, -0.05) is 18.5 Å². The van der Waals surface area contributed by atoms with Crippen LogP contribution >= 0.6 is 23.4 Å². The zero-order chi connectivity index (χ0) is 11.4. The van der Waals surface area contributed by atoms with E-state index in [2.05, 4.69) is 0 Å². The quantitative estimate of drug-likeness (QED) is 0.880. The van der Waals surface area contributed by atoms with Crippen molar-refractivity contribution in [2.75, 3.05) is 0 Å². The maximum atomic E-state index is 13.3. The van der Waals surface area contributed by atoms with E-state index in [4.69, 9.17) is 11.6 Å². The summed E-state index contributed by atoms with van der Waals surface area (Å²) in [6, 6.07) is 4.52. The third-order valence-corrected chi connectivity index (χ3v) is 3.82. The van der Waals surface area contributed by atoms with Crippen molar-refractivity contribution in [1.29, 1.82) is 0 Å². The average Bonchev–Trinajstić information content (AvgIpc) is 2.18. The molecule has 2 unspecified atom stereocenters. The molecule has 0 aromatic heterocycles. The molecule has 0 saturated heterocycles. The monoisotopic (exact) mass is 248 g/mol. The Kier molecular flexibility index (Phi) is 4.90.